The van der Waals surface area contributed by atoms with E-state index in [9.17, 15) is 0 Å². The van der Waals surface area contributed by atoms with Crippen LogP contribution in [0.2, 0.25) is 0 Å². The minimum absolute atomic E-state index is 0.674. The van der Waals surface area contributed by atoms with Gasteiger partial charge in [0.15, 0.2) is 0 Å². The van der Waals surface area contributed by atoms with E-state index in [1.165, 1.54) is 0 Å². The molecule has 0 amide bonds. The Bertz CT molecular complexity index is 479. The van der Waals surface area contributed by atoms with E-state index in [4.69, 9.17) is 4.74 Å². The third-order valence-corrected chi connectivity index (χ3v) is 2.74. The SMILES string of the molecule is CCOc1ccc2c(c1)nc(CC)n2S. The Kier molecular flexibility index (Phi) is 2.86. The van der Waals surface area contributed by atoms with Gasteiger partial charge in [0.25, 0.3) is 0 Å². The summed E-state index contributed by atoms with van der Waals surface area (Å²) in [6, 6.07) is 5.88. The molecule has 0 bridgehead atoms. The maximum absolute atomic E-state index is 5.42. The normalized spacial score (nSPS) is 10.9. The zero-order chi connectivity index (χ0) is 10.8. The molecule has 4 heteroatoms. The molecule has 0 atom stereocenters. The van der Waals surface area contributed by atoms with E-state index < -0.39 is 0 Å². The zero-order valence-corrected chi connectivity index (χ0v) is 9.79. The van der Waals surface area contributed by atoms with Crippen LogP contribution in [0.15, 0.2) is 18.2 Å². The van der Waals surface area contributed by atoms with Crippen molar-refractivity contribution in [2.24, 2.45) is 0 Å². The summed E-state index contributed by atoms with van der Waals surface area (Å²) in [6.07, 6.45) is 0.877. The summed E-state index contributed by atoms with van der Waals surface area (Å²) in [5.74, 6) is 1.83. The lowest BCUT2D eigenvalue weighted by Gasteiger charge is -2.01. The predicted octanol–water partition coefficient (Wildman–Crippen LogP) is 2.69. The van der Waals surface area contributed by atoms with Gasteiger partial charge >= 0.3 is 0 Å². The molecule has 0 radical (unpaired) electrons. The average molecular weight is 222 g/mol. The molecule has 80 valence electrons. The van der Waals surface area contributed by atoms with Gasteiger partial charge in [-0.3, -0.25) is 3.97 Å². The second kappa shape index (κ2) is 4.14. The van der Waals surface area contributed by atoms with Gasteiger partial charge in [-0.05, 0) is 19.1 Å². The molecule has 1 aromatic heterocycles. The molecule has 0 fully saturated rings. The lowest BCUT2D eigenvalue weighted by Crippen LogP contribution is -1.90. The molecular weight excluding hydrogens is 208 g/mol. The monoisotopic (exact) mass is 222 g/mol. The topological polar surface area (TPSA) is 27.1 Å². The van der Waals surface area contributed by atoms with Crippen molar-refractivity contribution >= 4 is 23.8 Å². The summed E-state index contributed by atoms with van der Waals surface area (Å²) in [5, 5.41) is 0. The molecule has 0 saturated heterocycles. The third-order valence-electron chi connectivity index (χ3n) is 2.30. The summed E-state index contributed by atoms with van der Waals surface area (Å²) in [6.45, 7) is 4.71. The Morgan fingerprint density at radius 3 is 2.87 bits per heavy atom. The van der Waals surface area contributed by atoms with E-state index in [0.717, 1.165) is 29.0 Å². The average Bonchev–Trinajstić information content (AvgIpc) is 2.56. The Hall–Kier alpha value is -1.16. The molecule has 1 heterocycles. The Balaban J connectivity index is 2.53. The van der Waals surface area contributed by atoms with Crippen LogP contribution in [-0.4, -0.2) is 15.6 Å². The first-order chi connectivity index (χ1) is 7.26. The summed E-state index contributed by atoms with van der Waals surface area (Å²) >= 11 is 4.39. The van der Waals surface area contributed by atoms with E-state index >= 15 is 0 Å². The fourth-order valence-corrected chi connectivity index (χ4v) is 1.94. The van der Waals surface area contributed by atoms with Crippen LogP contribution < -0.4 is 4.74 Å². The highest BCUT2D eigenvalue weighted by atomic mass is 32.1. The van der Waals surface area contributed by atoms with Crippen LogP contribution in [0.3, 0.4) is 0 Å². The zero-order valence-electron chi connectivity index (χ0n) is 8.90. The quantitative estimate of drug-likeness (QED) is 0.808. The Morgan fingerprint density at radius 1 is 1.40 bits per heavy atom. The maximum atomic E-state index is 5.42. The number of hydrogen-bond acceptors (Lipinski definition) is 3. The van der Waals surface area contributed by atoms with Gasteiger partial charge in [-0.25, -0.2) is 4.98 Å². The minimum Gasteiger partial charge on any atom is -0.494 e. The van der Waals surface area contributed by atoms with Crippen molar-refractivity contribution in [1.29, 1.82) is 0 Å². The fourth-order valence-electron chi connectivity index (χ4n) is 1.58. The summed E-state index contributed by atoms with van der Waals surface area (Å²) in [5.41, 5.74) is 1.96. The van der Waals surface area contributed by atoms with Crippen molar-refractivity contribution in [3.63, 3.8) is 0 Å². The number of imidazole rings is 1. The van der Waals surface area contributed by atoms with Crippen molar-refractivity contribution in [2.75, 3.05) is 6.61 Å². The maximum Gasteiger partial charge on any atom is 0.121 e. The predicted molar refractivity (Wildman–Crippen MR) is 64.7 cm³/mol. The molecule has 1 aromatic carbocycles. The number of ether oxygens (including phenoxy) is 1. The van der Waals surface area contributed by atoms with E-state index in [1.54, 1.807) is 0 Å². The van der Waals surface area contributed by atoms with Crippen molar-refractivity contribution in [3.8, 4) is 5.75 Å². The van der Waals surface area contributed by atoms with Crippen LogP contribution >= 0.6 is 12.8 Å². The van der Waals surface area contributed by atoms with Gasteiger partial charge in [0.2, 0.25) is 0 Å². The summed E-state index contributed by atoms with van der Waals surface area (Å²) < 4.78 is 7.25. The largest absolute Gasteiger partial charge is 0.494 e. The van der Waals surface area contributed by atoms with Gasteiger partial charge in [-0.2, -0.15) is 0 Å². The van der Waals surface area contributed by atoms with Crippen LogP contribution in [0.1, 0.15) is 19.7 Å². The van der Waals surface area contributed by atoms with Crippen molar-refractivity contribution in [2.45, 2.75) is 20.3 Å². The first-order valence-electron chi connectivity index (χ1n) is 5.09. The Labute approximate surface area is 94.6 Å². The minimum atomic E-state index is 0.674. The molecule has 0 aliphatic rings. The molecule has 15 heavy (non-hydrogen) atoms. The molecule has 2 aromatic rings. The first-order valence-corrected chi connectivity index (χ1v) is 5.49. The van der Waals surface area contributed by atoms with E-state index in [-0.39, 0.29) is 0 Å². The number of nitrogens with zero attached hydrogens (tertiary/aromatic N) is 2. The molecule has 0 unspecified atom stereocenters. The van der Waals surface area contributed by atoms with Crippen molar-refractivity contribution < 1.29 is 4.74 Å². The highest BCUT2D eigenvalue weighted by Gasteiger charge is 2.07. The molecule has 0 saturated carbocycles. The number of aromatic nitrogens is 2. The number of rotatable bonds is 3. The smallest absolute Gasteiger partial charge is 0.121 e. The van der Waals surface area contributed by atoms with Crippen molar-refractivity contribution in [1.82, 2.24) is 8.96 Å². The van der Waals surface area contributed by atoms with Crippen LogP contribution in [0.5, 0.6) is 5.75 Å². The third kappa shape index (κ3) is 1.81. The van der Waals surface area contributed by atoms with E-state index in [1.807, 2.05) is 29.1 Å². The van der Waals surface area contributed by atoms with Gasteiger partial charge in [0.05, 0.1) is 17.6 Å². The van der Waals surface area contributed by atoms with E-state index in [2.05, 4.69) is 24.7 Å². The highest BCUT2D eigenvalue weighted by molar-refractivity contribution is 7.78. The molecule has 0 aliphatic heterocycles. The second-order valence-corrected chi connectivity index (χ2v) is 3.68. The lowest BCUT2D eigenvalue weighted by atomic mass is 10.3. The number of hydrogen-bond donors (Lipinski definition) is 1. The van der Waals surface area contributed by atoms with Gasteiger partial charge < -0.3 is 4.74 Å². The molecule has 2 rings (SSSR count). The van der Waals surface area contributed by atoms with Gasteiger partial charge in [0.1, 0.15) is 11.6 Å². The van der Waals surface area contributed by atoms with Crippen LogP contribution in [0.4, 0.5) is 0 Å². The number of thiol groups is 1. The van der Waals surface area contributed by atoms with E-state index in [0.29, 0.717) is 6.61 Å². The Morgan fingerprint density at radius 2 is 2.20 bits per heavy atom. The molecule has 0 aliphatic carbocycles. The van der Waals surface area contributed by atoms with Crippen LogP contribution in [0, 0.1) is 0 Å². The van der Waals surface area contributed by atoms with Gasteiger partial charge in [-0.15, -0.1) is 0 Å². The fraction of sp³-hybridized carbons (Fsp3) is 0.364. The van der Waals surface area contributed by atoms with Crippen LogP contribution in [0.25, 0.3) is 11.0 Å². The number of benzene rings is 1. The van der Waals surface area contributed by atoms with Crippen molar-refractivity contribution in [3.05, 3.63) is 24.0 Å². The molecule has 3 nitrogen and oxygen atoms in total. The first kappa shape index (κ1) is 10.4. The van der Waals surface area contributed by atoms with Gasteiger partial charge in [0, 0.05) is 12.5 Å². The summed E-state index contributed by atoms with van der Waals surface area (Å²) in [7, 11) is 0. The number of fused-ring (bicyclic) bond motifs is 1. The molecule has 0 N–H and O–H groups in total. The molecule has 0 spiro atoms. The number of aryl methyl sites for hydroxylation is 1. The standard InChI is InChI=1S/C11H14N2OS/c1-3-11-12-9-7-8(14-4-2)5-6-10(9)13(11)15/h5-7,15H,3-4H2,1-2H3. The lowest BCUT2D eigenvalue weighted by molar-refractivity contribution is 0.340. The molecular formula is C11H14N2OS. The van der Waals surface area contributed by atoms with Crippen LogP contribution in [-0.2, 0) is 6.42 Å². The summed E-state index contributed by atoms with van der Waals surface area (Å²) in [4.78, 5) is 4.48. The highest BCUT2D eigenvalue weighted by Crippen LogP contribution is 2.22. The second-order valence-electron chi connectivity index (χ2n) is 3.28. The van der Waals surface area contributed by atoms with Gasteiger partial charge in [-0.1, -0.05) is 19.7 Å².